The number of aryl methyl sites for hydroxylation is 1. The van der Waals surface area contributed by atoms with E-state index in [0.29, 0.717) is 0 Å². The van der Waals surface area contributed by atoms with Crippen LogP contribution in [0.15, 0.2) is 97.1 Å². The van der Waals surface area contributed by atoms with Crippen molar-refractivity contribution in [2.75, 3.05) is 0 Å². The average Bonchev–Trinajstić information content (AvgIpc) is 3.37. The minimum Gasteiger partial charge on any atom is -0.309 e. The van der Waals surface area contributed by atoms with E-state index >= 15 is 0 Å². The van der Waals surface area contributed by atoms with Crippen molar-refractivity contribution >= 4 is 64.1 Å². The van der Waals surface area contributed by atoms with Gasteiger partial charge in [0.1, 0.15) is 0 Å². The molecule has 0 saturated carbocycles. The summed E-state index contributed by atoms with van der Waals surface area (Å²) >= 11 is 1.93. The summed E-state index contributed by atoms with van der Waals surface area (Å²) in [5.41, 5.74) is 5.13. The fourth-order valence-electron chi connectivity index (χ4n) is 5.18. The normalized spacial score (nSPS) is 12.0. The molecule has 0 aliphatic rings. The molecular formula is C29H19NS. The molecule has 0 unspecified atom stereocenters. The Morgan fingerprint density at radius 1 is 0.548 bits per heavy atom. The van der Waals surface area contributed by atoms with Gasteiger partial charge in [0.25, 0.3) is 0 Å². The fraction of sp³-hybridized carbons (Fsp3) is 0.0345. The number of para-hydroxylation sites is 2. The first-order valence-corrected chi connectivity index (χ1v) is 11.5. The first kappa shape index (κ1) is 17.1. The zero-order chi connectivity index (χ0) is 20.5. The third-order valence-corrected chi connectivity index (χ3v) is 7.85. The van der Waals surface area contributed by atoms with Crippen molar-refractivity contribution in [1.29, 1.82) is 0 Å². The lowest BCUT2D eigenvalue weighted by molar-refractivity contribution is 1.19. The maximum atomic E-state index is 2.47. The molecule has 2 heteroatoms. The molecule has 7 rings (SSSR count). The molecule has 5 aromatic carbocycles. The van der Waals surface area contributed by atoms with Crippen LogP contribution in [-0.2, 0) is 0 Å². The summed E-state index contributed by atoms with van der Waals surface area (Å²) in [5, 5.41) is 8.07. The molecule has 0 amide bonds. The Kier molecular flexibility index (Phi) is 3.42. The standard InChI is InChI=1S/C29H19NS/c1-18-10-9-16-23-26-27-25(20-13-5-6-14-21(20)29(26)31-28(18)23)22-15-7-8-17-24(22)30(27)19-11-3-2-4-12-19/h2-17H,1H3. The minimum absolute atomic E-state index is 1.21. The molecule has 146 valence electrons. The van der Waals surface area contributed by atoms with Gasteiger partial charge in [-0.3, -0.25) is 0 Å². The lowest BCUT2D eigenvalue weighted by Gasteiger charge is -2.10. The van der Waals surface area contributed by atoms with Crippen LogP contribution < -0.4 is 0 Å². The Morgan fingerprint density at radius 2 is 1.23 bits per heavy atom. The highest BCUT2D eigenvalue weighted by Crippen LogP contribution is 2.48. The molecular weight excluding hydrogens is 394 g/mol. The molecule has 7 aromatic rings. The highest BCUT2D eigenvalue weighted by molar-refractivity contribution is 7.27. The molecule has 1 nitrogen and oxygen atoms in total. The van der Waals surface area contributed by atoms with Crippen molar-refractivity contribution in [3.8, 4) is 5.69 Å². The van der Waals surface area contributed by atoms with Crippen molar-refractivity contribution in [2.45, 2.75) is 6.92 Å². The number of rotatable bonds is 1. The van der Waals surface area contributed by atoms with Gasteiger partial charge in [-0.25, -0.2) is 0 Å². The molecule has 0 spiro atoms. The summed E-state index contributed by atoms with van der Waals surface area (Å²) in [6.07, 6.45) is 0. The summed E-state index contributed by atoms with van der Waals surface area (Å²) in [7, 11) is 0. The smallest absolute Gasteiger partial charge is 0.0640 e. The predicted molar refractivity (Wildman–Crippen MR) is 136 cm³/mol. The minimum atomic E-state index is 1.21. The van der Waals surface area contributed by atoms with Crippen LogP contribution in [0, 0.1) is 6.92 Å². The first-order chi connectivity index (χ1) is 15.3. The molecule has 0 saturated heterocycles. The van der Waals surface area contributed by atoms with Crippen LogP contribution in [0.3, 0.4) is 0 Å². The van der Waals surface area contributed by atoms with Gasteiger partial charge >= 0.3 is 0 Å². The molecule has 31 heavy (non-hydrogen) atoms. The second kappa shape index (κ2) is 6.19. The highest BCUT2D eigenvalue weighted by Gasteiger charge is 2.21. The van der Waals surface area contributed by atoms with Gasteiger partial charge in [0, 0.05) is 42.0 Å². The number of benzene rings is 5. The van der Waals surface area contributed by atoms with Crippen molar-refractivity contribution < 1.29 is 0 Å². The van der Waals surface area contributed by atoms with Crippen LogP contribution in [0.2, 0.25) is 0 Å². The van der Waals surface area contributed by atoms with Crippen molar-refractivity contribution in [3.05, 3.63) is 103 Å². The molecule has 0 aliphatic carbocycles. The number of nitrogens with zero attached hydrogens (tertiary/aromatic N) is 1. The second-order valence-corrected chi connectivity index (χ2v) is 9.24. The second-order valence-electron chi connectivity index (χ2n) is 8.22. The number of thiophene rings is 1. The number of hydrogen-bond donors (Lipinski definition) is 0. The Labute approximate surface area is 183 Å². The van der Waals surface area contributed by atoms with Gasteiger partial charge in [-0.15, -0.1) is 11.3 Å². The summed E-state index contributed by atoms with van der Waals surface area (Å²) in [4.78, 5) is 0. The monoisotopic (exact) mass is 413 g/mol. The molecule has 0 radical (unpaired) electrons. The van der Waals surface area contributed by atoms with E-state index in [0.717, 1.165) is 0 Å². The van der Waals surface area contributed by atoms with Crippen LogP contribution in [0.1, 0.15) is 5.56 Å². The molecule has 0 fully saturated rings. The quantitative estimate of drug-likeness (QED) is 0.254. The van der Waals surface area contributed by atoms with Gasteiger partial charge in [-0.2, -0.15) is 0 Å². The van der Waals surface area contributed by atoms with Crippen LogP contribution in [-0.4, -0.2) is 4.57 Å². The van der Waals surface area contributed by atoms with E-state index in [4.69, 9.17) is 0 Å². The third-order valence-electron chi connectivity index (χ3n) is 6.48. The molecule has 2 heterocycles. The maximum Gasteiger partial charge on any atom is 0.0640 e. The van der Waals surface area contributed by atoms with Crippen LogP contribution >= 0.6 is 11.3 Å². The summed E-state index contributed by atoms with van der Waals surface area (Å²) in [6.45, 7) is 2.23. The number of hydrogen-bond acceptors (Lipinski definition) is 1. The molecule has 0 bridgehead atoms. The Morgan fingerprint density at radius 3 is 2.06 bits per heavy atom. The molecule has 0 N–H and O–H groups in total. The average molecular weight is 414 g/mol. The van der Waals surface area contributed by atoms with Gasteiger partial charge in [-0.1, -0.05) is 78.9 Å². The Hall–Kier alpha value is -3.62. The molecule has 0 atom stereocenters. The lowest BCUT2D eigenvalue weighted by atomic mass is 9.99. The van der Waals surface area contributed by atoms with Gasteiger partial charge in [0.15, 0.2) is 0 Å². The summed E-state index contributed by atoms with van der Waals surface area (Å²) in [6, 6.07) is 35.2. The number of aromatic nitrogens is 1. The third kappa shape index (κ3) is 2.20. The zero-order valence-electron chi connectivity index (χ0n) is 17.1. The molecule has 2 aromatic heterocycles. The lowest BCUT2D eigenvalue weighted by Crippen LogP contribution is -1.93. The predicted octanol–water partition coefficient (Wildman–Crippen LogP) is 8.61. The van der Waals surface area contributed by atoms with Crippen molar-refractivity contribution in [2.24, 2.45) is 0 Å². The van der Waals surface area contributed by atoms with Gasteiger partial charge in [0.05, 0.1) is 11.0 Å². The van der Waals surface area contributed by atoms with Gasteiger partial charge < -0.3 is 4.57 Å². The van der Waals surface area contributed by atoms with E-state index in [9.17, 15) is 0 Å². The van der Waals surface area contributed by atoms with Gasteiger partial charge in [-0.05, 0) is 36.1 Å². The van der Waals surface area contributed by atoms with Crippen molar-refractivity contribution in [1.82, 2.24) is 4.57 Å². The van der Waals surface area contributed by atoms with Crippen LogP contribution in [0.5, 0.6) is 0 Å². The maximum absolute atomic E-state index is 2.47. The summed E-state index contributed by atoms with van der Waals surface area (Å²) < 4.78 is 5.24. The Bertz CT molecular complexity index is 1780. The van der Waals surface area contributed by atoms with Gasteiger partial charge in [0.2, 0.25) is 0 Å². The highest BCUT2D eigenvalue weighted by atomic mass is 32.1. The van der Waals surface area contributed by atoms with E-state index in [2.05, 4.69) is 109 Å². The largest absolute Gasteiger partial charge is 0.309 e. The zero-order valence-corrected chi connectivity index (χ0v) is 17.9. The topological polar surface area (TPSA) is 4.93 Å². The van der Waals surface area contributed by atoms with Crippen molar-refractivity contribution in [3.63, 3.8) is 0 Å². The van der Waals surface area contributed by atoms with Crippen LogP contribution in [0.25, 0.3) is 58.4 Å². The summed E-state index contributed by atoms with van der Waals surface area (Å²) in [5.74, 6) is 0. The van der Waals surface area contributed by atoms with Crippen LogP contribution in [0.4, 0.5) is 0 Å². The van der Waals surface area contributed by atoms with E-state index in [1.54, 1.807) is 0 Å². The molecule has 0 aliphatic heterocycles. The van der Waals surface area contributed by atoms with E-state index in [1.807, 2.05) is 11.3 Å². The SMILES string of the molecule is Cc1cccc2c1sc1c3ccccc3c3c4ccccc4n(-c4ccccc4)c3c21. The van der Waals surface area contributed by atoms with E-state index < -0.39 is 0 Å². The van der Waals surface area contributed by atoms with E-state index in [1.165, 1.54) is 64.0 Å². The van der Waals surface area contributed by atoms with E-state index in [-0.39, 0.29) is 0 Å². The first-order valence-electron chi connectivity index (χ1n) is 10.6. The fourth-order valence-corrected chi connectivity index (χ4v) is 6.49. The Balaban J connectivity index is 1.91. The number of fused-ring (bicyclic) bond motifs is 10.